The van der Waals surface area contributed by atoms with Crippen LogP contribution in [0.1, 0.15) is 36.5 Å². The quantitative estimate of drug-likeness (QED) is 0.254. The maximum atomic E-state index is 13.1. The number of benzene rings is 1. The molecule has 0 amide bonds. The van der Waals surface area contributed by atoms with Gasteiger partial charge in [0.25, 0.3) is 0 Å². The van der Waals surface area contributed by atoms with E-state index in [-0.39, 0.29) is 35.8 Å². The Balaban J connectivity index is 0.00000363. The third kappa shape index (κ3) is 6.78. The third-order valence-corrected chi connectivity index (χ3v) is 5.27. The van der Waals surface area contributed by atoms with Gasteiger partial charge in [-0.25, -0.2) is 9.07 Å². The Morgan fingerprint density at radius 3 is 2.50 bits per heavy atom. The summed E-state index contributed by atoms with van der Waals surface area (Å²) in [5.41, 5.74) is 5.33. The minimum Gasteiger partial charge on any atom is -0.357 e. The molecule has 0 spiro atoms. The lowest BCUT2D eigenvalue weighted by atomic mass is 10.1. The molecule has 174 valence electrons. The number of hydrogen-bond donors (Lipinski definition) is 2. The van der Waals surface area contributed by atoms with E-state index < -0.39 is 0 Å². The second-order valence-corrected chi connectivity index (χ2v) is 7.76. The lowest BCUT2D eigenvalue weighted by Gasteiger charge is -2.18. The van der Waals surface area contributed by atoms with Gasteiger partial charge < -0.3 is 10.6 Å². The van der Waals surface area contributed by atoms with E-state index in [2.05, 4.69) is 48.5 Å². The van der Waals surface area contributed by atoms with E-state index in [9.17, 15) is 4.39 Å². The van der Waals surface area contributed by atoms with Gasteiger partial charge in [0.05, 0.1) is 17.1 Å². The van der Waals surface area contributed by atoms with Crippen LogP contribution in [0, 0.1) is 19.7 Å². The minimum atomic E-state index is -0.253. The second kappa shape index (κ2) is 12.0. The van der Waals surface area contributed by atoms with Gasteiger partial charge >= 0.3 is 0 Å². The molecular formula is C23H33FIN7. The number of nitrogens with zero attached hydrogens (tertiary/aromatic N) is 5. The molecule has 3 aromatic rings. The van der Waals surface area contributed by atoms with E-state index in [1.165, 1.54) is 23.4 Å². The fraction of sp³-hybridized carbons (Fsp3) is 0.435. The zero-order chi connectivity index (χ0) is 22.4. The molecule has 9 heteroatoms. The maximum Gasteiger partial charge on any atom is 0.191 e. The predicted molar refractivity (Wildman–Crippen MR) is 138 cm³/mol. The van der Waals surface area contributed by atoms with Gasteiger partial charge in [-0.1, -0.05) is 0 Å². The van der Waals surface area contributed by atoms with Gasteiger partial charge in [0, 0.05) is 44.5 Å². The van der Waals surface area contributed by atoms with E-state index >= 15 is 0 Å². The molecule has 0 aliphatic heterocycles. The van der Waals surface area contributed by atoms with Crippen LogP contribution >= 0.6 is 24.0 Å². The van der Waals surface area contributed by atoms with Gasteiger partial charge in [-0.05, 0) is 70.0 Å². The van der Waals surface area contributed by atoms with Gasteiger partial charge in [-0.3, -0.25) is 9.67 Å². The highest BCUT2D eigenvalue weighted by Gasteiger charge is 2.14. The summed E-state index contributed by atoms with van der Waals surface area (Å²) in [6.07, 6.45) is 3.49. The average molecular weight is 553 g/mol. The summed E-state index contributed by atoms with van der Waals surface area (Å²) in [5.74, 6) is 0.546. The Kier molecular flexibility index (Phi) is 9.67. The molecule has 7 nitrogen and oxygen atoms in total. The van der Waals surface area contributed by atoms with Crippen LogP contribution in [0.3, 0.4) is 0 Å². The number of nitrogens with one attached hydrogen (secondary N) is 2. The highest BCUT2D eigenvalue weighted by molar-refractivity contribution is 14.0. The van der Waals surface area contributed by atoms with E-state index in [4.69, 9.17) is 4.99 Å². The molecule has 0 aliphatic rings. The SMILES string of the molecule is CCNC(=NCCc1ccn(-c2ccc(F)cc2)n1)NC(C)Cc1c(C)nn(C)c1C.I. The molecule has 1 aromatic carbocycles. The molecule has 0 radical (unpaired) electrons. The third-order valence-electron chi connectivity index (χ3n) is 5.27. The highest BCUT2D eigenvalue weighted by atomic mass is 127. The summed E-state index contributed by atoms with van der Waals surface area (Å²) >= 11 is 0. The first-order chi connectivity index (χ1) is 14.9. The lowest BCUT2D eigenvalue weighted by molar-refractivity contribution is 0.627. The summed E-state index contributed by atoms with van der Waals surface area (Å²) in [4.78, 5) is 4.71. The summed E-state index contributed by atoms with van der Waals surface area (Å²) in [7, 11) is 1.98. The van der Waals surface area contributed by atoms with Crippen molar-refractivity contribution in [2.45, 2.75) is 46.6 Å². The molecular weight excluding hydrogens is 520 g/mol. The molecule has 0 aliphatic carbocycles. The van der Waals surface area contributed by atoms with Crippen molar-refractivity contribution >= 4 is 29.9 Å². The van der Waals surface area contributed by atoms with Crippen LogP contribution in [0.25, 0.3) is 5.69 Å². The zero-order valence-corrected chi connectivity index (χ0v) is 21.7. The van der Waals surface area contributed by atoms with E-state index in [1.807, 2.05) is 24.0 Å². The molecule has 1 unspecified atom stereocenters. The summed E-state index contributed by atoms with van der Waals surface area (Å²) in [6, 6.07) is 8.48. The Morgan fingerprint density at radius 2 is 1.88 bits per heavy atom. The van der Waals surface area contributed by atoms with Gasteiger partial charge in [-0.2, -0.15) is 10.2 Å². The molecule has 0 saturated heterocycles. The van der Waals surface area contributed by atoms with Crippen LogP contribution in [0.5, 0.6) is 0 Å². The maximum absolute atomic E-state index is 13.1. The number of aliphatic imine (C=N–C) groups is 1. The molecule has 0 fully saturated rings. The Morgan fingerprint density at radius 1 is 1.16 bits per heavy atom. The largest absolute Gasteiger partial charge is 0.357 e. The summed E-state index contributed by atoms with van der Waals surface area (Å²) in [5, 5.41) is 15.9. The number of guanidine groups is 1. The van der Waals surface area contributed by atoms with Crippen molar-refractivity contribution in [3.05, 3.63) is 65.0 Å². The van der Waals surface area contributed by atoms with E-state index in [0.717, 1.165) is 42.4 Å². The van der Waals surface area contributed by atoms with Crippen molar-refractivity contribution < 1.29 is 4.39 Å². The minimum absolute atomic E-state index is 0. The number of aromatic nitrogens is 4. The highest BCUT2D eigenvalue weighted by Crippen LogP contribution is 2.14. The predicted octanol–water partition coefficient (Wildman–Crippen LogP) is 3.71. The Labute approximate surface area is 206 Å². The first-order valence-electron chi connectivity index (χ1n) is 10.7. The van der Waals surface area contributed by atoms with Crippen molar-refractivity contribution in [3.8, 4) is 5.69 Å². The first-order valence-corrected chi connectivity index (χ1v) is 10.7. The standard InChI is InChI=1S/C23H32FN7.HI/c1-6-25-23(27-16(2)15-22-17(3)28-30(5)18(22)4)26-13-11-20-12-14-31(29-20)21-9-7-19(24)8-10-21;/h7-10,12,14,16H,6,11,13,15H2,1-5H3,(H2,25,26,27);1H. The molecule has 2 heterocycles. The van der Waals surface area contributed by atoms with Crippen LogP contribution in [-0.2, 0) is 19.9 Å². The van der Waals surface area contributed by atoms with Crippen LogP contribution in [0.2, 0.25) is 0 Å². The normalized spacial score (nSPS) is 12.4. The fourth-order valence-electron chi connectivity index (χ4n) is 3.54. The monoisotopic (exact) mass is 553 g/mol. The molecule has 3 rings (SSSR count). The zero-order valence-electron chi connectivity index (χ0n) is 19.4. The molecule has 2 N–H and O–H groups in total. The van der Waals surface area contributed by atoms with Crippen LogP contribution in [-0.4, -0.2) is 44.7 Å². The van der Waals surface area contributed by atoms with Crippen molar-refractivity contribution in [2.75, 3.05) is 13.1 Å². The molecule has 32 heavy (non-hydrogen) atoms. The van der Waals surface area contributed by atoms with Crippen molar-refractivity contribution in [1.82, 2.24) is 30.2 Å². The summed E-state index contributed by atoms with van der Waals surface area (Å²) < 4.78 is 16.8. The second-order valence-electron chi connectivity index (χ2n) is 7.76. The number of rotatable bonds is 8. The smallest absolute Gasteiger partial charge is 0.191 e. The van der Waals surface area contributed by atoms with Crippen molar-refractivity contribution in [2.24, 2.45) is 12.0 Å². The number of halogens is 2. The van der Waals surface area contributed by atoms with Crippen molar-refractivity contribution in [3.63, 3.8) is 0 Å². The Bertz CT molecular complexity index is 1020. The van der Waals surface area contributed by atoms with Crippen LogP contribution in [0.15, 0.2) is 41.5 Å². The topological polar surface area (TPSA) is 72.1 Å². The lowest BCUT2D eigenvalue weighted by Crippen LogP contribution is -2.43. The Hall–Kier alpha value is -2.43. The molecule has 1 atom stereocenters. The van der Waals surface area contributed by atoms with Crippen molar-refractivity contribution in [1.29, 1.82) is 0 Å². The fourth-order valence-corrected chi connectivity index (χ4v) is 3.54. The number of hydrogen-bond acceptors (Lipinski definition) is 3. The van der Waals surface area contributed by atoms with E-state index in [0.29, 0.717) is 6.54 Å². The van der Waals surface area contributed by atoms with Gasteiger partial charge in [0.15, 0.2) is 5.96 Å². The molecule has 0 bridgehead atoms. The van der Waals surface area contributed by atoms with Crippen LogP contribution < -0.4 is 10.6 Å². The van der Waals surface area contributed by atoms with Gasteiger partial charge in [0.1, 0.15) is 5.82 Å². The number of aryl methyl sites for hydroxylation is 2. The average Bonchev–Trinajstić information content (AvgIpc) is 3.29. The summed E-state index contributed by atoms with van der Waals surface area (Å²) in [6.45, 7) is 9.78. The van der Waals surface area contributed by atoms with Gasteiger partial charge in [0.2, 0.25) is 0 Å². The van der Waals surface area contributed by atoms with Crippen LogP contribution in [0.4, 0.5) is 4.39 Å². The molecule has 0 saturated carbocycles. The van der Waals surface area contributed by atoms with E-state index in [1.54, 1.807) is 16.8 Å². The first kappa shape index (κ1) is 25.8. The molecule has 2 aromatic heterocycles. The van der Waals surface area contributed by atoms with Gasteiger partial charge in [-0.15, -0.1) is 24.0 Å².